The molecule has 0 bridgehead atoms. The van der Waals surface area contributed by atoms with Crippen molar-refractivity contribution >= 4 is 11.6 Å². The summed E-state index contributed by atoms with van der Waals surface area (Å²) in [7, 11) is 1.96. The molecule has 2 aromatic rings. The average Bonchev–Trinajstić information content (AvgIpc) is 3.06. The largest absolute Gasteiger partial charge is 0.365 e. The summed E-state index contributed by atoms with van der Waals surface area (Å²) >= 11 is 0. The van der Waals surface area contributed by atoms with Crippen LogP contribution in [-0.4, -0.2) is 35.9 Å². The maximum atomic E-state index is 12.7. The van der Waals surface area contributed by atoms with Crippen LogP contribution in [0.1, 0.15) is 24.4 Å². The summed E-state index contributed by atoms with van der Waals surface area (Å²) in [5.74, 6) is 0.186. The van der Waals surface area contributed by atoms with Gasteiger partial charge >= 0.3 is 0 Å². The third kappa shape index (κ3) is 3.11. The van der Waals surface area contributed by atoms with E-state index in [9.17, 15) is 4.79 Å². The van der Waals surface area contributed by atoms with Crippen molar-refractivity contribution in [1.82, 2.24) is 9.88 Å². The van der Waals surface area contributed by atoms with E-state index in [1.807, 2.05) is 59.3 Å². The molecule has 0 N–H and O–H groups in total. The van der Waals surface area contributed by atoms with E-state index < -0.39 is 0 Å². The van der Waals surface area contributed by atoms with Crippen molar-refractivity contribution in [2.45, 2.75) is 18.9 Å². The van der Waals surface area contributed by atoms with Gasteiger partial charge in [-0.25, -0.2) is 0 Å². The highest BCUT2D eigenvalue weighted by molar-refractivity contribution is 5.82. The van der Waals surface area contributed by atoms with Crippen molar-refractivity contribution in [2.75, 3.05) is 25.0 Å². The lowest BCUT2D eigenvalue weighted by atomic mass is 10.1. The van der Waals surface area contributed by atoms with Gasteiger partial charge in [0.2, 0.25) is 5.91 Å². The van der Waals surface area contributed by atoms with Gasteiger partial charge in [0, 0.05) is 31.7 Å². The van der Waals surface area contributed by atoms with E-state index in [2.05, 4.69) is 4.98 Å². The molecule has 1 unspecified atom stereocenters. The van der Waals surface area contributed by atoms with Crippen molar-refractivity contribution < 1.29 is 4.79 Å². The summed E-state index contributed by atoms with van der Waals surface area (Å²) < 4.78 is 0. The second-order valence-corrected chi connectivity index (χ2v) is 5.72. The molecule has 0 spiro atoms. The fourth-order valence-electron chi connectivity index (χ4n) is 3.06. The molecule has 3 rings (SSSR count). The van der Waals surface area contributed by atoms with Crippen LogP contribution >= 0.6 is 0 Å². The number of benzene rings is 1. The molecule has 1 aliphatic rings. The fourth-order valence-corrected chi connectivity index (χ4v) is 3.06. The number of rotatable bonds is 4. The second kappa shape index (κ2) is 6.60. The number of hydrogen-bond donors (Lipinski definition) is 0. The van der Waals surface area contributed by atoms with Gasteiger partial charge < -0.3 is 9.80 Å². The normalized spacial score (nSPS) is 17.5. The minimum Gasteiger partial charge on any atom is -0.365 e. The average molecular weight is 295 g/mol. The smallest absolute Gasteiger partial charge is 0.242 e. The molecule has 4 heteroatoms. The van der Waals surface area contributed by atoms with Crippen LogP contribution in [0.15, 0.2) is 54.9 Å². The maximum Gasteiger partial charge on any atom is 0.242 e. The Hall–Kier alpha value is -2.36. The van der Waals surface area contributed by atoms with Crippen LogP contribution in [0.3, 0.4) is 0 Å². The van der Waals surface area contributed by atoms with Gasteiger partial charge in [0.05, 0.1) is 12.6 Å². The number of pyridine rings is 1. The minimum absolute atomic E-state index is 0.186. The molecular weight excluding hydrogens is 274 g/mol. The van der Waals surface area contributed by atoms with Crippen LogP contribution in [-0.2, 0) is 4.79 Å². The highest BCUT2D eigenvalue weighted by Gasteiger charge is 2.30. The molecule has 1 amide bonds. The first-order chi connectivity index (χ1) is 10.8. The number of likely N-dealkylation sites (tertiary alicyclic amines) is 1. The van der Waals surface area contributed by atoms with E-state index in [4.69, 9.17) is 0 Å². The monoisotopic (exact) mass is 295 g/mol. The van der Waals surface area contributed by atoms with Crippen LogP contribution in [0.2, 0.25) is 0 Å². The first kappa shape index (κ1) is 14.6. The van der Waals surface area contributed by atoms with Crippen molar-refractivity contribution in [3.8, 4) is 0 Å². The number of carbonyl (C=O) groups is 1. The van der Waals surface area contributed by atoms with E-state index >= 15 is 0 Å². The van der Waals surface area contributed by atoms with Crippen LogP contribution in [0.5, 0.6) is 0 Å². The zero-order chi connectivity index (χ0) is 15.4. The van der Waals surface area contributed by atoms with Crippen molar-refractivity contribution in [2.24, 2.45) is 0 Å². The van der Waals surface area contributed by atoms with Crippen molar-refractivity contribution in [3.05, 3.63) is 60.4 Å². The first-order valence-electron chi connectivity index (χ1n) is 7.71. The van der Waals surface area contributed by atoms with Gasteiger partial charge in [-0.05, 0) is 42.7 Å². The van der Waals surface area contributed by atoms with Gasteiger partial charge in [-0.15, -0.1) is 0 Å². The molecule has 1 aromatic carbocycles. The second-order valence-electron chi connectivity index (χ2n) is 5.72. The Bertz CT molecular complexity index is 615. The number of anilines is 1. The molecule has 0 saturated carbocycles. The predicted molar refractivity (Wildman–Crippen MR) is 87.6 cm³/mol. The van der Waals surface area contributed by atoms with E-state index in [1.54, 1.807) is 12.4 Å². The Labute approximate surface area is 131 Å². The number of carbonyl (C=O) groups excluding carboxylic acids is 1. The minimum atomic E-state index is 0.186. The molecule has 1 fully saturated rings. The number of likely N-dealkylation sites (N-methyl/N-ethyl adjacent to an activating group) is 1. The molecule has 1 atom stereocenters. The number of amides is 1. The summed E-state index contributed by atoms with van der Waals surface area (Å²) in [4.78, 5) is 20.8. The number of para-hydroxylation sites is 1. The van der Waals surface area contributed by atoms with Gasteiger partial charge in [-0.2, -0.15) is 0 Å². The number of hydrogen-bond acceptors (Lipinski definition) is 3. The lowest BCUT2D eigenvalue weighted by molar-refractivity contribution is -0.130. The topological polar surface area (TPSA) is 36.4 Å². The quantitative estimate of drug-likeness (QED) is 0.870. The predicted octanol–water partition coefficient (Wildman–Crippen LogP) is 2.88. The Balaban J connectivity index is 1.69. The zero-order valence-electron chi connectivity index (χ0n) is 12.9. The summed E-state index contributed by atoms with van der Waals surface area (Å²) in [6.45, 7) is 1.25. The lowest BCUT2D eigenvalue weighted by Crippen LogP contribution is -2.38. The van der Waals surface area contributed by atoms with Gasteiger partial charge in [0.15, 0.2) is 0 Å². The highest BCUT2D eigenvalue weighted by Crippen LogP contribution is 2.31. The first-order valence-corrected chi connectivity index (χ1v) is 7.71. The molecule has 114 valence electrons. The zero-order valence-corrected chi connectivity index (χ0v) is 12.9. The van der Waals surface area contributed by atoms with Crippen LogP contribution < -0.4 is 4.90 Å². The van der Waals surface area contributed by atoms with Gasteiger partial charge in [-0.3, -0.25) is 9.78 Å². The molecular formula is C18H21N3O. The Morgan fingerprint density at radius 1 is 1.23 bits per heavy atom. The molecule has 2 heterocycles. The van der Waals surface area contributed by atoms with Crippen LogP contribution in [0.25, 0.3) is 0 Å². The summed E-state index contributed by atoms with van der Waals surface area (Å²) in [6, 6.07) is 14.2. The molecule has 0 aliphatic carbocycles. The summed E-state index contributed by atoms with van der Waals surface area (Å²) in [5.41, 5.74) is 2.25. The third-order valence-corrected chi connectivity index (χ3v) is 4.23. The van der Waals surface area contributed by atoms with Crippen molar-refractivity contribution in [1.29, 1.82) is 0 Å². The van der Waals surface area contributed by atoms with Gasteiger partial charge in [0.1, 0.15) is 0 Å². The third-order valence-electron chi connectivity index (χ3n) is 4.23. The fraction of sp³-hybridized carbons (Fsp3) is 0.333. The molecule has 4 nitrogen and oxygen atoms in total. The van der Waals surface area contributed by atoms with Gasteiger partial charge in [0.25, 0.3) is 0 Å². The van der Waals surface area contributed by atoms with E-state index in [0.717, 1.165) is 25.1 Å². The van der Waals surface area contributed by atoms with E-state index in [-0.39, 0.29) is 11.9 Å². The van der Waals surface area contributed by atoms with Gasteiger partial charge in [-0.1, -0.05) is 18.2 Å². The molecule has 0 radical (unpaired) electrons. The van der Waals surface area contributed by atoms with Crippen LogP contribution in [0.4, 0.5) is 5.69 Å². The Kier molecular flexibility index (Phi) is 4.37. The number of nitrogens with zero attached hydrogens (tertiary/aromatic N) is 3. The van der Waals surface area contributed by atoms with E-state index in [0.29, 0.717) is 6.54 Å². The molecule has 1 aliphatic heterocycles. The van der Waals surface area contributed by atoms with E-state index in [1.165, 1.54) is 5.56 Å². The SMILES string of the molecule is CN(CC(=O)N1CCCC1c1ccncc1)c1ccccc1. The summed E-state index contributed by atoms with van der Waals surface area (Å²) in [5, 5.41) is 0. The highest BCUT2D eigenvalue weighted by atomic mass is 16.2. The standard InChI is InChI=1S/C18H21N3O/c1-20(16-6-3-2-4-7-16)14-18(22)21-13-5-8-17(21)15-9-11-19-12-10-15/h2-4,6-7,9-12,17H,5,8,13-14H2,1H3. The number of aromatic nitrogens is 1. The Morgan fingerprint density at radius 2 is 1.95 bits per heavy atom. The maximum absolute atomic E-state index is 12.7. The molecule has 1 aromatic heterocycles. The van der Waals surface area contributed by atoms with Crippen LogP contribution in [0, 0.1) is 0 Å². The molecule has 22 heavy (non-hydrogen) atoms. The van der Waals surface area contributed by atoms with Crippen molar-refractivity contribution in [3.63, 3.8) is 0 Å². The summed E-state index contributed by atoms with van der Waals surface area (Å²) in [6.07, 6.45) is 5.69. The molecule has 1 saturated heterocycles. The Morgan fingerprint density at radius 3 is 2.68 bits per heavy atom. The lowest BCUT2D eigenvalue weighted by Gasteiger charge is -2.28.